The van der Waals surface area contributed by atoms with E-state index in [9.17, 15) is 4.79 Å². The molecular formula is C16H18N4O. The number of aromatic nitrogens is 2. The van der Waals surface area contributed by atoms with Gasteiger partial charge in [0.1, 0.15) is 5.69 Å². The minimum Gasteiger partial charge on any atom is -0.364 e. The summed E-state index contributed by atoms with van der Waals surface area (Å²) in [6.45, 7) is 7.63. The van der Waals surface area contributed by atoms with Crippen molar-refractivity contribution in [3.8, 4) is 17.3 Å². The molecule has 1 aromatic heterocycles. The predicted molar refractivity (Wildman–Crippen MR) is 80.8 cm³/mol. The van der Waals surface area contributed by atoms with Crippen molar-refractivity contribution in [2.24, 2.45) is 5.73 Å². The molecule has 1 amide bonds. The maximum absolute atomic E-state index is 11.7. The standard InChI is InChI=1S/C16H18N4O/c1-9(2)20-15(16(18)21)11(4)14(19-20)12-5-6-13(8-17)10(3)7-12/h5-7,9H,1-4H3,(H2,18,21). The SMILES string of the molecule is Cc1cc(-c2nn(C(C)C)c(C(N)=O)c2C)ccc1C#N. The van der Waals surface area contributed by atoms with E-state index >= 15 is 0 Å². The van der Waals surface area contributed by atoms with E-state index in [0.717, 1.165) is 22.4 Å². The molecule has 21 heavy (non-hydrogen) atoms. The first kappa shape index (κ1) is 14.8. The first-order valence-electron chi connectivity index (χ1n) is 6.76. The number of carbonyl (C=O) groups is 1. The van der Waals surface area contributed by atoms with E-state index in [4.69, 9.17) is 11.0 Å². The average molecular weight is 282 g/mol. The van der Waals surface area contributed by atoms with Crippen LogP contribution in [0.4, 0.5) is 0 Å². The number of hydrogen-bond acceptors (Lipinski definition) is 3. The van der Waals surface area contributed by atoms with Crippen molar-refractivity contribution >= 4 is 5.91 Å². The molecule has 2 N–H and O–H groups in total. The zero-order valence-electron chi connectivity index (χ0n) is 12.6. The van der Waals surface area contributed by atoms with E-state index in [1.165, 1.54) is 0 Å². The van der Waals surface area contributed by atoms with Crippen molar-refractivity contribution < 1.29 is 4.79 Å². The highest BCUT2D eigenvalue weighted by atomic mass is 16.1. The number of benzene rings is 1. The summed E-state index contributed by atoms with van der Waals surface area (Å²) in [5.74, 6) is -0.481. The number of primary amides is 1. The fourth-order valence-corrected chi connectivity index (χ4v) is 2.40. The number of rotatable bonds is 3. The summed E-state index contributed by atoms with van der Waals surface area (Å²) in [5, 5.41) is 13.5. The van der Waals surface area contributed by atoms with Crippen molar-refractivity contribution in [1.82, 2.24) is 9.78 Å². The molecule has 0 radical (unpaired) electrons. The summed E-state index contributed by atoms with van der Waals surface area (Å²) in [6.07, 6.45) is 0. The fourth-order valence-electron chi connectivity index (χ4n) is 2.40. The maximum Gasteiger partial charge on any atom is 0.267 e. The van der Waals surface area contributed by atoms with Crippen LogP contribution in [-0.4, -0.2) is 15.7 Å². The van der Waals surface area contributed by atoms with Crippen LogP contribution >= 0.6 is 0 Å². The molecule has 0 aliphatic heterocycles. The molecule has 0 spiro atoms. The quantitative estimate of drug-likeness (QED) is 0.939. The Morgan fingerprint density at radius 2 is 2.05 bits per heavy atom. The lowest BCUT2D eigenvalue weighted by atomic mass is 10.0. The molecule has 1 aromatic carbocycles. The molecule has 0 fully saturated rings. The second kappa shape index (κ2) is 5.41. The molecule has 5 heteroatoms. The average Bonchev–Trinajstić information content (AvgIpc) is 2.76. The van der Waals surface area contributed by atoms with Gasteiger partial charge in [-0.25, -0.2) is 0 Å². The normalized spacial score (nSPS) is 10.7. The van der Waals surface area contributed by atoms with Gasteiger partial charge < -0.3 is 5.73 Å². The number of nitrogens with two attached hydrogens (primary N) is 1. The third kappa shape index (κ3) is 2.52. The van der Waals surface area contributed by atoms with Gasteiger partial charge in [-0.1, -0.05) is 6.07 Å². The van der Waals surface area contributed by atoms with Gasteiger partial charge in [0.15, 0.2) is 0 Å². The van der Waals surface area contributed by atoms with Gasteiger partial charge in [0.05, 0.1) is 17.3 Å². The van der Waals surface area contributed by atoms with Gasteiger partial charge in [0, 0.05) is 17.2 Å². The summed E-state index contributed by atoms with van der Waals surface area (Å²) in [6, 6.07) is 7.70. The lowest BCUT2D eigenvalue weighted by molar-refractivity contribution is 0.0987. The molecule has 0 saturated heterocycles. The van der Waals surface area contributed by atoms with E-state index in [1.54, 1.807) is 10.7 Å². The molecule has 0 atom stereocenters. The third-order valence-corrected chi connectivity index (χ3v) is 3.49. The van der Waals surface area contributed by atoms with Crippen LogP contribution in [0.15, 0.2) is 18.2 Å². The summed E-state index contributed by atoms with van der Waals surface area (Å²) in [4.78, 5) is 11.7. The zero-order chi connectivity index (χ0) is 15.7. The van der Waals surface area contributed by atoms with E-state index in [-0.39, 0.29) is 6.04 Å². The molecule has 0 saturated carbocycles. The molecule has 0 aliphatic carbocycles. The third-order valence-electron chi connectivity index (χ3n) is 3.49. The number of carbonyl (C=O) groups excluding carboxylic acids is 1. The van der Waals surface area contributed by atoms with Crippen LogP contribution in [0.25, 0.3) is 11.3 Å². The Kier molecular flexibility index (Phi) is 3.81. The Hall–Kier alpha value is -2.61. The van der Waals surface area contributed by atoms with Gasteiger partial charge in [-0.15, -0.1) is 0 Å². The second-order valence-electron chi connectivity index (χ2n) is 5.37. The topological polar surface area (TPSA) is 84.7 Å². The van der Waals surface area contributed by atoms with Crippen molar-refractivity contribution in [3.63, 3.8) is 0 Å². The fraction of sp³-hybridized carbons (Fsp3) is 0.312. The molecule has 5 nitrogen and oxygen atoms in total. The van der Waals surface area contributed by atoms with Crippen molar-refractivity contribution in [3.05, 3.63) is 40.6 Å². The Balaban J connectivity index is 2.65. The highest BCUT2D eigenvalue weighted by Gasteiger charge is 2.21. The number of nitriles is 1. The van der Waals surface area contributed by atoms with Crippen molar-refractivity contribution in [2.75, 3.05) is 0 Å². The van der Waals surface area contributed by atoms with Crippen LogP contribution in [-0.2, 0) is 0 Å². The highest BCUT2D eigenvalue weighted by molar-refractivity contribution is 5.94. The molecular weight excluding hydrogens is 264 g/mol. The Morgan fingerprint density at radius 1 is 1.38 bits per heavy atom. The lowest BCUT2D eigenvalue weighted by Gasteiger charge is -2.08. The number of hydrogen-bond donors (Lipinski definition) is 1. The second-order valence-corrected chi connectivity index (χ2v) is 5.37. The monoisotopic (exact) mass is 282 g/mol. The zero-order valence-corrected chi connectivity index (χ0v) is 12.6. The molecule has 108 valence electrons. The van der Waals surface area contributed by atoms with Crippen molar-refractivity contribution in [2.45, 2.75) is 33.7 Å². The Labute approximate surface area is 124 Å². The van der Waals surface area contributed by atoms with E-state index in [2.05, 4.69) is 11.2 Å². The van der Waals surface area contributed by atoms with Crippen LogP contribution in [0.3, 0.4) is 0 Å². The van der Waals surface area contributed by atoms with E-state index in [0.29, 0.717) is 11.3 Å². The summed E-state index contributed by atoms with van der Waals surface area (Å²) in [5.41, 5.74) is 9.80. The molecule has 2 aromatic rings. The first-order chi connectivity index (χ1) is 9.86. The smallest absolute Gasteiger partial charge is 0.267 e. The van der Waals surface area contributed by atoms with Gasteiger partial charge in [0.25, 0.3) is 5.91 Å². The lowest BCUT2D eigenvalue weighted by Crippen LogP contribution is -2.19. The molecule has 2 rings (SSSR count). The minimum atomic E-state index is -0.481. The van der Waals surface area contributed by atoms with Crippen LogP contribution < -0.4 is 5.73 Å². The Morgan fingerprint density at radius 3 is 2.48 bits per heavy atom. The number of amides is 1. The Bertz CT molecular complexity index is 750. The van der Waals surface area contributed by atoms with Crippen LogP contribution in [0, 0.1) is 25.2 Å². The van der Waals surface area contributed by atoms with Crippen LogP contribution in [0.1, 0.15) is 47.1 Å². The van der Waals surface area contributed by atoms with Crippen LogP contribution in [0.2, 0.25) is 0 Å². The highest BCUT2D eigenvalue weighted by Crippen LogP contribution is 2.28. The van der Waals surface area contributed by atoms with E-state index in [1.807, 2.05) is 39.8 Å². The molecule has 0 bridgehead atoms. The predicted octanol–water partition coefficient (Wildman–Crippen LogP) is 2.72. The van der Waals surface area contributed by atoms with Gasteiger partial charge in [-0.2, -0.15) is 10.4 Å². The van der Waals surface area contributed by atoms with Gasteiger partial charge >= 0.3 is 0 Å². The summed E-state index contributed by atoms with van der Waals surface area (Å²) < 4.78 is 1.65. The number of nitrogens with zero attached hydrogens (tertiary/aromatic N) is 3. The summed E-state index contributed by atoms with van der Waals surface area (Å²) >= 11 is 0. The van der Waals surface area contributed by atoms with Crippen molar-refractivity contribution in [1.29, 1.82) is 5.26 Å². The summed E-state index contributed by atoms with van der Waals surface area (Å²) in [7, 11) is 0. The molecule has 1 heterocycles. The minimum absolute atomic E-state index is 0.0411. The van der Waals surface area contributed by atoms with Gasteiger partial charge in [0.2, 0.25) is 0 Å². The molecule has 0 unspecified atom stereocenters. The number of aryl methyl sites for hydroxylation is 1. The maximum atomic E-state index is 11.7. The van der Waals surface area contributed by atoms with Gasteiger partial charge in [-0.05, 0) is 45.4 Å². The molecule has 0 aliphatic rings. The largest absolute Gasteiger partial charge is 0.364 e. The first-order valence-corrected chi connectivity index (χ1v) is 6.76. The van der Waals surface area contributed by atoms with E-state index < -0.39 is 5.91 Å². The van der Waals surface area contributed by atoms with Crippen LogP contribution in [0.5, 0.6) is 0 Å². The van der Waals surface area contributed by atoms with Gasteiger partial charge in [-0.3, -0.25) is 9.48 Å².